The number of unbranched alkanes of at least 4 members (excludes halogenated alkanes) is 2. The van der Waals surface area contributed by atoms with Crippen LogP contribution >= 0.6 is 0 Å². The van der Waals surface area contributed by atoms with Gasteiger partial charge in [-0.05, 0) is 19.4 Å². The highest BCUT2D eigenvalue weighted by Gasteiger charge is 2.10. The summed E-state index contributed by atoms with van der Waals surface area (Å²) in [7, 11) is 3.92. The summed E-state index contributed by atoms with van der Waals surface area (Å²) < 4.78 is 2.08. The lowest BCUT2D eigenvalue weighted by molar-refractivity contribution is 0.598. The molecule has 0 amide bonds. The Morgan fingerprint density at radius 3 is 2.72 bits per heavy atom. The molecule has 18 heavy (non-hydrogen) atoms. The molecule has 0 saturated carbocycles. The fraction of sp³-hybridized carbons (Fsp3) is 0.583. The standard InChI is InChI=1S/C12H20N6/c1-17(2)11-10-12(15-8-14-11)18(9-16-10)7-5-3-4-6-13/h8-9H,3-7,13H2,1-2H3. The number of hydrogen-bond donors (Lipinski definition) is 1. The van der Waals surface area contributed by atoms with Crippen molar-refractivity contribution < 1.29 is 0 Å². The number of aromatic nitrogens is 4. The molecule has 2 N–H and O–H groups in total. The highest BCUT2D eigenvalue weighted by molar-refractivity contribution is 5.82. The third-order valence-corrected chi connectivity index (χ3v) is 2.91. The molecule has 0 aliphatic carbocycles. The Bertz CT molecular complexity index is 504. The molecule has 2 rings (SSSR count). The molecule has 2 heterocycles. The summed E-state index contributed by atoms with van der Waals surface area (Å²) in [5.74, 6) is 0.862. The van der Waals surface area contributed by atoms with Gasteiger partial charge in [-0.25, -0.2) is 15.0 Å². The molecule has 98 valence electrons. The third-order valence-electron chi connectivity index (χ3n) is 2.91. The van der Waals surface area contributed by atoms with Gasteiger partial charge in [-0.3, -0.25) is 0 Å². The molecular formula is C12H20N6. The van der Waals surface area contributed by atoms with E-state index in [0.29, 0.717) is 0 Å². The minimum absolute atomic E-state index is 0.762. The van der Waals surface area contributed by atoms with Gasteiger partial charge in [-0.15, -0.1) is 0 Å². The second-order valence-electron chi connectivity index (χ2n) is 4.55. The van der Waals surface area contributed by atoms with Crippen LogP contribution in [0.15, 0.2) is 12.7 Å². The molecule has 0 unspecified atom stereocenters. The number of fused-ring (bicyclic) bond motifs is 1. The Morgan fingerprint density at radius 2 is 2.00 bits per heavy atom. The third kappa shape index (κ3) is 2.59. The minimum atomic E-state index is 0.762. The Morgan fingerprint density at radius 1 is 1.17 bits per heavy atom. The first-order valence-electron chi connectivity index (χ1n) is 6.27. The summed E-state index contributed by atoms with van der Waals surface area (Å²) in [6.07, 6.45) is 6.75. The van der Waals surface area contributed by atoms with E-state index in [1.807, 2.05) is 25.3 Å². The highest BCUT2D eigenvalue weighted by Crippen LogP contribution is 2.19. The normalized spacial score (nSPS) is 11.1. The average Bonchev–Trinajstić information content (AvgIpc) is 2.77. The number of hydrogen-bond acceptors (Lipinski definition) is 5. The lowest BCUT2D eigenvalue weighted by atomic mass is 10.2. The van der Waals surface area contributed by atoms with Crippen molar-refractivity contribution >= 4 is 17.0 Å². The van der Waals surface area contributed by atoms with Crippen molar-refractivity contribution in [1.29, 1.82) is 0 Å². The lowest BCUT2D eigenvalue weighted by Crippen LogP contribution is -2.11. The van der Waals surface area contributed by atoms with Crippen LogP contribution in [0.5, 0.6) is 0 Å². The number of nitrogens with two attached hydrogens (primary N) is 1. The molecule has 0 fully saturated rings. The molecule has 0 aliphatic rings. The Kier molecular flexibility index (Phi) is 4.09. The first-order chi connectivity index (χ1) is 8.74. The van der Waals surface area contributed by atoms with Crippen LogP contribution in [0.4, 0.5) is 5.82 Å². The van der Waals surface area contributed by atoms with E-state index < -0.39 is 0 Å². The Balaban J connectivity index is 2.18. The maximum atomic E-state index is 5.49. The number of aryl methyl sites for hydroxylation is 1. The maximum absolute atomic E-state index is 5.49. The van der Waals surface area contributed by atoms with Crippen LogP contribution in [0.3, 0.4) is 0 Å². The van der Waals surface area contributed by atoms with Crippen LogP contribution in [0.2, 0.25) is 0 Å². The van der Waals surface area contributed by atoms with Crippen LogP contribution in [-0.2, 0) is 6.54 Å². The number of rotatable bonds is 6. The second-order valence-corrected chi connectivity index (χ2v) is 4.55. The first kappa shape index (κ1) is 12.8. The molecule has 6 nitrogen and oxygen atoms in total. The van der Waals surface area contributed by atoms with E-state index in [0.717, 1.165) is 49.3 Å². The predicted octanol–water partition coefficient (Wildman–Crippen LogP) is 1.02. The molecule has 0 bridgehead atoms. The Hall–Kier alpha value is -1.69. The summed E-state index contributed by atoms with van der Waals surface area (Å²) in [6, 6.07) is 0. The van der Waals surface area contributed by atoms with Crippen molar-refractivity contribution in [2.24, 2.45) is 5.73 Å². The molecule has 2 aromatic heterocycles. The molecule has 0 spiro atoms. The SMILES string of the molecule is CN(C)c1ncnc2c1ncn2CCCCCN. The summed E-state index contributed by atoms with van der Waals surface area (Å²) >= 11 is 0. The summed E-state index contributed by atoms with van der Waals surface area (Å²) in [4.78, 5) is 14.9. The zero-order chi connectivity index (χ0) is 13.0. The van der Waals surface area contributed by atoms with E-state index in [1.165, 1.54) is 0 Å². The van der Waals surface area contributed by atoms with Crippen molar-refractivity contribution in [3.05, 3.63) is 12.7 Å². The zero-order valence-electron chi connectivity index (χ0n) is 11.0. The van der Waals surface area contributed by atoms with Gasteiger partial charge in [-0.2, -0.15) is 0 Å². The average molecular weight is 248 g/mol. The number of nitrogens with zero attached hydrogens (tertiary/aromatic N) is 5. The molecule has 0 saturated heterocycles. The van der Waals surface area contributed by atoms with Crippen molar-refractivity contribution in [1.82, 2.24) is 19.5 Å². The molecule has 0 aromatic carbocycles. The van der Waals surface area contributed by atoms with Gasteiger partial charge < -0.3 is 15.2 Å². The van der Waals surface area contributed by atoms with E-state index >= 15 is 0 Å². The van der Waals surface area contributed by atoms with E-state index in [1.54, 1.807) is 6.33 Å². The molecule has 6 heteroatoms. The van der Waals surface area contributed by atoms with Crippen molar-refractivity contribution in [3.8, 4) is 0 Å². The van der Waals surface area contributed by atoms with E-state index in [2.05, 4.69) is 19.5 Å². The minimum Gasteiger partial charge on any atom is -0.361 e. The van der Waals surface area contributed by atoms with E-state index in [-0.39, 0.29) is 0 Å². The van der Waals surface area contributed by atoms with Gasteiger partial charge in [0.1, 0.15) is 6.33 Å². The summed E-state index contributed by atoms with van der Waals surface area (Å²) in [5.41, 5.74) is 7.25. The monoisotopic (exact) mass is 248 g/mol. The van der Waals surface area contributed by atoms with Crippen molar-refractivity contribution in [2.75, 3.05) is 25.5 Å². The second kappa shape index (κ2) is 5.77. The molecule has 0 radical (unpaired) electrons. The van der Waals surface area contributed by atoms with Gasteiger partial charge in [0.25, 0.3) is 0 Å². The smallest absolute Gasteiger partial charge is 0.165 e. The fourth-order valence-electron chi connectivity index (χ4n) is 1.96. The van der Waals surface area contributed by atoms with Crippen LogP contribution in [0, 0.1) is 0 Å². The van der Waals surface area contributed by atoms with Gasteiger partial charge in [0.05, 0.1) is 6.33 Å². The van der Waals surface area contributed by atoms with Crippen LogP contribution in [0.25, 0.3) is 11.2 Å². The first-order valence-corrected chi connectivity index (χ1v) is 6.27. The van der Waals surface area contributed by atoms with Gasteiger partial charge in [-0.1, -0.05) is 6.42 Å². The van der Waals surface area contributed by atoms with Gasteiger partial charge in [0.15, 0.2) is 17.0 Å². The molecule has 0 aliphatic heterocycles. The van der Waals surface area contributed by atoms with E-state index in [4.69, 9.17) is 5.73 Å². The van der Waals surface area contributed by atoms with Gasteiger partial charge in [0, 0.05) is 20.6 Å². The number of anilines is 1. The lowest BCUT2D eigenvalue weighted by Gasteiger charge is -2.10. The highest BCUT2D eigenvalue weighted by atomic mass is 15.2. The van der Waals surface area contributed by atoms with Gasteiger partial charge >= 0.3 is 0 Å². The summed E-state index contributed by atoms with van der Waals surface area (Å²) in [5, 5.41) is 0. The van der Waals surface area contributed by atoms with Crippen molar-refractivity contribution in [2.45, 2.75) is 25.8 Å². The topological polar surface area (TPSA) is 72.9 Å². The van der Waals surface area contributed by atoms with Gasteiger partial charge in [0.2, 0.25) is 0 Å². The van der Waals surface area contributed by atoms with Crippen LogP contribution in [-0.4, -0.2) is 40.2 Å². The maximum Gasteiger partial charge on any atom is 0.165 e. The largest absolute Gasteiger partial charge is 0.361 e. The Labute approximate surface area is 107 Å². The van der Waals surface area contributed by atoms with Crippen LogP contribution in [0.1, 0.15) is 19.3 Å². The zero-order valence-corrected chi connectivity index (χ0v) is 11.0. The molecule has 2 aromatic rings. The van der Waals surface area contributed by atoms with Crippen molar-refractivity contribution in [3.63, 3.8) is 0 Å². The predicted molar refractivity (Wildman–Crippen MR) is 72.6 cm³/mol. The van der Waals surface area contributed by atoms with E-state index in [9.17, 15) is 0 Å². The molecular weight excluding hydrogens is 228 g/mol. The fourth-order valence-corrected chi connectivity index (χ4v) is 1.96. The molecule has 0 atom stereocenters. The summed E-state index contributed by atoms with van der Waals surface area (Å²) in [6.45, 7) is 1.69. The number of imidazole rings is 1. The van der Waals surface area contributed by atoms with Crippen LogP contribution < -0.4 is 10.6 Å². The quantitative estimate of drug-likeness (QED) is 0.773.